The summed E-state index contributed by atoms with van der Waals surface area (Å²) in [5, 5.41) is 11.9. The number of hydrogen-bond donors (Lipinski definition) is 1. The highest BCUT2D eigenvalue weighted by Gasteiger charge is 2.39. The van der Waals surface area contributed by atoms with E-state index in [1.807, 2.05) is 0 Å². The third kappa shape index (κ3) is 10.2. The highest BCUT2D eigenvalue weighted by atomic mass is 32.1. The second-order valence-electron chi connectivity index (χ2n) is 13.4. The van der Waals surface area contributed by atoms with Crippen LogP contribution >= 0.6 is 24.4 Å². The molecule has 0 radical (unpaired) electrons. The van der Waals surface area contributed by atoms with Crippen molar-refractivity contribution in [2.24, 2.45) is 0 Å². The lowest BCUT2D eigenvalue weighted by molar-refractivity contribution is -0.197. The van der Waals surface area contributed by atoms with Gasteiger partial charge in [0.1, 0.15) is 11.1 Å². The van der Waals surface area contributed by atoms with Crippen molar-refractivity contribution >= 4 is 65.2 Å². The topological polar surface area (TPSA) is 190 Å². The molecule has 0 saturated carbocycles. The minimum absolute atomic E-state index is 0.000309. The van der Waals surface area contributed by atoms with Crippen molar-refractivity contribution in [3.8, 4) is 5.88 Å². The summed E-state index contributed by atoms with van der Waals surface area (Å²) >= 11 is 11.3. The predicted octanol–water partition coefficient (Wildman–Crippen LogP) is 4.34. The molecule has 0 spiro atoms. The number of thiocarbonyl (C=S) groups is 1. The highest BCUT2D eigenvalue weighted by molar-refractivity contribution is 7.80. The summed E-state index contributed by atoms with van der Waals surface area (Å²) in [5.41, 5.74) is 1.37. The van der Waals surface area contributed by atoms with E-state index in [9.17, 15) is 33.9 Å². The van der Waals surface area contributed by atoms with Crippen molar-refractivity contribution in [2.45, 2.75) is 64.7 Å². The molecule has 2 aliphatic heterocycles. The zero-order valence-corrected chi connectivity index (χ0v) is 33.2. The Morgan fingerprint density at radius 3 is 1.83 bits per heavy atom. The molecule has 6 rings (SSSR count). The molecule has 4 amide bonds. The standard InChI is InChI=1S/C41H38N8O8S2/c50-33-16-17-34(51)49(33)57-35(52)15-5-2-6-21-45-36(53)31(37(54)46(40(45)58)25-28-10-7-18-42-22-28)13-3-1-4-14-32-38(55)47(26-29-11-8-19-43-23-29)41(59)48(39(32)56)27-30-12-9-20-44-24-30/h1,3-4,7-14,18-20,22-24,54H,2,5-6,15-17,21,25-27H2/b4-1+,13-3+. The van der Waals surface area contributed by atoms with Gasteiger partial charge in [0.15, 0.2) is 9.88 Å². The van der Waals surface area contributed by atoms with Crippen LogP contribution in [-0.4, -0.2) is 78.8 Å². The van der Waals surface area contributed by atoms with Crippen molar-refractivity contribution < 1.29 is 33.9 Å². The van der Waals surface area contributed by atoms with Gasteiger partial charge in [-0.3, -0.25) is 57.9 Å². The Hall–Kier alpha value is -6.79. The Bertz CT molecular complexity index is 2390. The second-order valence-corrected chi connectivity index (χ2v) is 14.1. The molecule has 2 aliphatic rings. The van der Waals surface area contributed by atoms with Crippen LogP contribution in [0.25, 0.3) is 6.08 Å². The Labute approximate surface area is 348 Å². The fourth-order valence-corrected chi connectivity index (χ4v) is 6.85. The number of hydrogen-bond acceptors (Lipinski definition) is 13. The van der Waals surface area contributed by atoms with Crippen LogP contribution in [0.15, 0.2) is 108 Å². The third-order valence-corrected chi connectivity index (χ3v) is 10.1. The van der Waals surface area contributed by atoms with Crippen LogP contribution < -0.4 is 5.56 Å². The summed E-state index contributed by atoms with van der Waals surface area (Å²) in [7, 11) is 0. The van der Waals surface area contributed by atoms with Crippen molar-refractivity contribution in [2.75, 3.05) is 0 Å². The van der Waals surface area contributed by atoms with Crippen LogP contribution in [-0.2, 0) is 55.0 Å². The molecule has 0 aliphatic carbocycles. The number of carbonyl (C=O) groups excluding carboxylic acids is 5. The Balaban J connectivity index is 1.21. The van der Waals surface area contributed by atoms with E-state index in [1.54, 1.807) is 73.6 Å². The first kappa shape index (κ1) is 41.8. The number of unbranched alkanes of at least 4 members (excludes halogenated alkanes) is 2. The van der Waals surface area contributed by atoms with Crippen molar-refractivity contribution in [1.29, 1.82) is 0 Å². The molecule has 4 aromatic heterocycles. The Morgan fingerprint density at radius 2 is 1.29 bits per heavy atom. The number of aromatic hydroxyl groups is 1. The van der Waals surface area contributed by atoms with E-state index in [-0.39, 0.29) is 72.3 Å². The van der Waals surface area contributed by atoms with E-state index in [2.05, 4.69) is 15.0 Å². The maximum absolute atomic E-state index is 13.8. The van der Waals surface area contributed by atoms with Gasteiger partial charge >= 0.3 is 5.97 Å². The number of hydroxylamine groups is 2. The lowest BCUT2D eigenvalue weighted by Gasteiger charge is -2.36. The number of nitrogens with zero attached hydrogens (tertiary/aromatic N) is 8. The Morgan fingerprint density at radius 1 is 0.729 bits per heavy atom. The molecule has 18 heteroatoms. The van der Waals surface area contributed by atoms with Crippen LogP contribution in [0.3, 0.4) is 0 Å². The number of carbonyl (C=O) groups is 5. The number of rotatable bonds is 16. The summed E-state index contributed by atoms with van der Waals surface area (Å²) in [6.07, 6.45) is 18.1. The SMILES string of the molecule is O=C(CCCCCn1c(=O)c(/C=C/C=C/C=C2C(=O)N(Cc3cccnc3)C(=S)N(Cc3cccnc3)C2=O)c(O)n(Cc2cccnc2)c1=S)ON1C(=O)CCC1=O. The molecule has 0 unspecified atom stereocenters. The molecular formula is C41H38N8O8S2. The lowest BCUT2D eigenvalue weighted by Crippen LogP contribution is -2.55. The first-order valence-electron chi connectivity index (χ1n) is 18.6. The van der Waals surface area contributed by atoms with Crippen LogP contribution in [0, 0.1) is 4.77 Å². The molecule has 16 nitrogen and oxygen atoms in total. The Kier molecular flexibility index (Phi) is 13.9. The molecule has 2 fully saturated rings. The maximum atomic E-state index is 13.8. The van der Waals surface area contributed by atoms with Crippen molar-refractivity contribution in [1.82, 2.24) is 38.9 Å². The van der Waals surface area contributed by atoms with Gasteiger partial charge in [-0.15, -0.1) is 5.06 Å². The molecule has 302 valence electrons. The van der Waals surface area contributed by atoms with E-state index in [0.29, 0.717) is 35.5 Å². The van der Waals surface area contributed by atoms with E-state index >= 15 is 0 Å². The van der Waals surface area contributed by atoms with E-state index in [4.69, 9.17) is 29.3 Å². The molecular weight excluding hydrogens is 797 g/mol. The monoisotopic (exact) mass is 834 g/mol. The number of amides is 4. The molecule has 2 saturated heterocycles. The second kappa shape index (κ2) is 19.6. The molecule has 0 atom stereocenters. The normalized spacial score (nSPS) is 14.7. The number of allylic oxidation sites excluding steroid dienone is 4. The first-order chi connectivity index (χ1) is 28.5. The van der Waals surface area contributed by atoms with Gasteiger partial charge in [0, 0.05) is 63.0 Å². The first-order valence-corrected chi connectivity index (χ1v) is 19.4. The van der Waals surface area contributed by atoms with Gasteiger partial charge in [-0.25, -0.2) is 4.79 Å². The zero-order chi connectivity index (χ0) is 41.9. The van der Waals surface area contributed by atoms with Crippen LogP contribution in [0.2, 0.25) is 0 Å². The van der Waals surface area contributed by atoms with Gasteiger partial charge in [-0.2, -0.15) is 0 Å². The minimum atomic E-state index is -0.713. The summed E-state index contributed by atoms with van der Waals surface area (Å²) in [6.45, 7) is 0.437. The highest BCUT2D eigenvalue weighted by Crippen LogP contribution is 2.23. The van der Waals surface area contributed by atoms with Crippen molar-refractivity contribution in [3.05, 3.63) is 141 Å². The summed E-state index contributed by atoms with van der Waals surface area (Å²) in [4.78, 5) is 97.0. The number of aromatic nitrogens is 5. The molecule has 59 heavy (non-hydrogen) atoms. The number of pyridine rings is 3. The predicted molar refractivity (Wildman–Crippen MR) is 219 cm³/mol. The van der Waals surface area contributed by atoms with Gasteiger partial charge < -0.3 is 9.94 Å². The summed E-state index contributed by atoms with van der Waals surface area (Å²) < 4.78 is 2.83. The largest absolute Gasteiger partial charge is 0.494 e. The smallest absolute Gasteiger partial charge is 0.333 e. The van der Waals surface area contributed by atoms with E-state index in [1.165, 1.54) is 49.3 Å². The van der Waals surface area contributed by atoms with Gasteiger partial charge in [-0.05, 0) is 84.3 Å². The average molecular weight is 835 g/mol. The average Bonchev–Trinajstić information content (AvgIpc) is 3.56. The maximum Gasteiger partial charge on any atom is 0.333 e. The lowest BCUT2D eigenvalue weighted by atomic mass is 10.1. The van der Waals surface area contributed by atoms with Crippen LogP contribution in [0.5, 0.6) is 5.88 Å². The van der Waals surface area contributed by atoms with Crippen molar-refractivity contribution in [3.63, 3.8) is 0 Å². The zero-order valence-electron chi connectivity index (χ0n) is 31.6. The fraction of sp³-hybridized carbons (Fsp3) is 0.244. The van der Waals surface area contributed by atoms with E-state index < -0.39 is 35.2 Å². The molecule has 0 aromatic carbocycles. The van der Waals surface area contributed by atoms with Gasteiger partial charge in [-0.1, -0.05) is 42.8 Å². The van der Waals surface area contributed by atoms with Crippen LogP contribution in [0.4, 0.5) is 0 Å². The molecule has 6 heterocycles. The van der Waals surface area contributed by atoms with Gasteiger partial charge in [0.2, 0.25) is 5.88 Å². The number of imide groups is 1. The van der Waals surface area contributed by atoms with Gasteiger partial charge in [0.05, 0.1) is 19.6 Å². The van der Waals surface area contributed by atoms with Crippen LogP contribution in [0.1, 0.15) is 60.8 Å². The molecule has 1 N–H and O–H groups in total. The minimum Gasteiger partial charge on any atom is -0.494 e. The quantitative estimate of drug-likeness (QED) is 0.0420. The molecule has 0 bridgehead atoms. The van der Waals surface area contributed by atoms with Gasteiger partial charge in [0.25, 0.3) is 29.2 Å². The molecule has 4 aromatic rings. The summed E-state index contributed by atoms with van der Waals surface area (Å²) in [6, 6.07) is 10.6. The van der Waals surface area contributed by atoms with E-state index in [0.717, 1.165) is 5.56 Å². The summed E-state index contributed by atoms with van der Waals surface area (Å²) in [5.74, 6) is -3.39. The fourth-order valence-electron chi connectivity index (χ4n) is 6.23. The third-order valence-electron chi connectivity index (χ3n) is 9.25.